The summed E-state index contributed by atoms with van der Waals surface area (Å²) in [7, 11) is 4.16. The first-order chi connectivity index (χ1) is 5.27. The zero-order valence-corrected chi connectivity index (χ0v) is 8.06. The van der Waals surface area contributed by atoms with E-state index in [0.717, 1.165) is 11.8 Å². The van der Waals surface area contributed by atoms with Crippen molar-refractivity contribution in [1.29, 1.82) is 0 Å². The lowest BCUT2D eigenvalue weighted by molar-refractivity contribution is 0.360. The number of likely N-dealkylation sites (tertiary alicyclic amines) is 1. The Bertz CT molecular complexity index is 115. The van der Waals surface area contributed by atoms with Gasteiger partial charge in [-0.25, -0.2) is 0 Å². The Morgan fingerprint density at radius 1 is 1.73 bits per heavy atom. The Balaban J connectivity index is 2.34. The largest absolute Gasteiger partial charge is 0.315 e. The molecule has 1 heterocycles. The Morgan fingerprint density at radius 3 is 2.82 bits per heavy atom. The van der Waals surface area contributed by atoms with Crippen LogP contribution in [0.5, 0.6) is 0 Å². The summed E-state index contributed by atoms with van der Waals surface area (Å²) in [6, 6.07) is 0.501. The van der Waals surface area contributed by atoms with Gasteiger partial charge in [-0.05, 0) is 33.0 Å². The fourth-order valence-electron chi connectivity index (χ4n) is 1.74. The maximum Gasteiger partial charge on any atom is 0.0380 e. The number of hydrogen-bond donors (Lipinski definition) is 1. The number of nitrogens with one attached hydrogen (secondary N) is 1. The van der Waals surface area contributed by atoms with E-state index < -0.39 is 0 Å². The van der Waals surface area contributed by atoms with Crippen LogP contribution in [-0.2, 0) is 0 Å². The minimum absolute atomic E-state index is 0.501. The molecule has 3 heteroatoms. The Morgan fingerprint density at radius 2 is 2.45 bits per heavy atom. The Hall–Kier alpha value is 0.210. The number of nitrogens with zero attached hydrogens (tertiary/aromatic N) is 1. The van der Waals surface area contributed by atoms with E-state index in [9.17, 15) is 0 Å². The third-order valence-electron chi connectivity index (χ3n) is 2.53. The third kappa shape index (κ3) is 2.32. The Labute approximate surface area is 73.9 Å². The van der Waals surface area contributed by atoms with Crippen molar-refractivity contribution < 1.29 is 0 Å². The molecule has 0 saturated carbocycles. The second-order valence-corrected chi connectivity index (χ2v) is 3.67. The van der Waals surface area contributed by atoms with Gasteiger partial charge in [0.1, 0.15) is 0 Å². The van der Waals surface area contributed by atoms with Gasteiger partial charge in [-0.1, -0.05) is 0 Å². The molecule has 0 spiro atoms. The minimum atomic E-state index is 0.501. The van der Waals surface area contributed by atoms with Crippen molar-refractivity contribution in [3.63, 3.8) is 0 Å². The highest BCUT2D eigenvalue weighted by Gasteiger charge is 2.25. The van der Waals surface area contributed by atoms with Gasteiger partial charge in [0, 0.05) is 18.5 Å². The van der Waals surface area contributed by atoms with Gasteiger partial charge in [-0.15, -0.1) is 11.6 Å². The summed E-state index contributed by atoms with van der Waals surface area (Å²) < 4.78 is 0. The van der Waals surface area contributed by atoms with Gasteiger partial charge in [0.25, 0.3) is 0 Å². The summed E-state index contributed by atoms with van der Waals surface area (Å²) in [5, 5.41) is 3.26. The molecule has 2 unspecified atom stereocenters. The van der Waals surface area contributed by atoms with E-state index in [2.05, 4.69) is 17.3 Å². The highest BCUT2D eigenvalue weighted by molar-refractivity contribution is 6.18. The molecule has 1 N–H and O–H groups in total. The van der Waals surface area contributed by atoms with Crippen molar-refractivity contribution in [2.75, 3.05) is 33.1 Å². The van der Waals surface area contributed by atoms with E-state index in [1.165, 1.54) is 19.5 Å². The van der Waals surface area contributed by atoms with Crippen molar-refractivity contribution in [2.45, 2.75) is 12.5 Å². The lowest BCUT2D eigenvalue weighted by Gasteiger charge is -2.20. The van der Waals surface area contributed by atoms with Crippen LogP contribution in [0.3, 0.4) is 0 Å². The molecule has 0 radical (unpaired) electrons. The van der Waals surface area contributed by atoms with Crippen LogP contribution in [0.1, 0.15) is 6.42 Å². The average Bonchev–Trinajstić information content (AvgIpc) is 2.39. The second kappa shape index (κ2) is 4.29. The molecule has 2 atom stereocenters. The minimum Gasteiger partial charge on any atom is -0.315 e. The Kier molecular flexibility index (Phi) is 3.63. The molecule has 2 nitrogen and oxygen atoms in total. The van der Waals surface area contributed by atoms with Gasteiger partial charge in [0.05, 0.1) is 0 Å². The molecule has 0 amide bonds. The molecule has 1 aliphatic rings. The third-order valence-corrected chi connectivity index (χ3v) is 2.87. The predicted octanol–water partition coefficient (Wildman–Crippen LogP) is 0.765. The van der Waals surface area contributed by atoms with Crippen LogP contribution in [0, 0.1) is 5.92 Å². The molecular formula is C8H17ClN2. The van der Waals surface area contributed by atoms with Gasteiger partial charge in [0.2, 0.25) is 0 Å². The summed E-state index contributed by atoms with van der Waals surface area (Å²) in [4.78, 5) is 2.36. The van der Waals surface area contributed by atoms with Crippen molar-refractivity contribution >= 4 is 11.6 Å². The molecule has 0 aromatic heterocycles. The van der Waals surface area contributed by atoms with E-state index in [-0.39, 0.29) is 0 Å². The fraction of sp³-hybridized carbons (Fsp3) is 1.00. The first kappa shape index (κ1) is 9.30. The topological polar surface area (TPSA) is 15.3 Å². The predicted molar refractivity (Wildman–Crippen MR) is 49.2 cm³/mol. The van der Waals surface area contributed by atoms with Crippen LogP contribution in [0.4, 0.5) is 0 Å². The lowest BCUT2D eigenvalue weighted by atomic mass is 10.0. The van der Waals surface area contributed by atoms with Crippen LogP contribution >= 0.6 is 11.6 Å². The summed E-state index contributed by atoms with van der Waals surface area (Å²) in [5.41, 5.74) is 0. The van der Waals surface area contributed by atoms with Gasteiger partial charge in [-0.3, -0.25) is 0 Å². The highest BCUT2D eigenvalue weighted by Crippen LogP contribution is 2.18. The molecule has 0 aliphatic carbocycles. The molecule has 1 fully saturated rings. The number of halogens is 1. The van der Waals surface area contributed by atoms with Crippen molar-refractivity contribution in [3.05, 3.63) is 0 Å². The second-order valence-electron chi connectivity index (χ2n) is 3.36. The van der Waals surface area contributed by atoms with E-state index in [0.29, 0.717) is 6.04 Å². The van der Waals surface area contributed by atoms with Crippen LogP contribution in [0.15, 0.2) is 0 Å². The van der Waals surface area contributed by atoms with Crippen molar-refractivity contribution in [3.8, 4) is 0 Å². The zero-order chi connectivity index (χ0) is 8.27. The van der Waals surface area contributed by atoms with Crippen molar-refractivity contribution in [1.82, 2.24) is 10.2 Å². The summed E-state index contributed by atoms with van der Waals surface area (Å²) in [6.07, 6.45) is 1.29. The first-order valence-electron chi connectivity index (χ1n) is 4.19. The summed E-state index contributed by atoms with van der Waals surface area (Å²) in [5.74, 6) is 1.48. The molecule has 0 aromatic rings. The maximum absolute atomic E-state index is 5.81. The quantitative estimate of drug-likeness (QED) is 0.639. The number of rotatable bonds is 3. The number of hydrogen-bond acceptors (Lipinski definition) is 2. The van der Waals surface area contributed by atoms with E-state index in [1.54, 1.807) is 0 Å². The lowest BCUT2D eigenvalue weighted by Crippen LogP contribution is -2.36. The SMILES string of the molecule is CNC(CCl)C1CCN(C)C1. The van der Waals surface area contributed by atoms with Crippen LogP contribution in [0.2, 0.25) is 0 Å². The summed E-state index contributed by atoms with van der Waals surface area (Å²) >= 11 is 5.81. The first-order valence-corrected chi connectivity index (χ1v) is 4.73. The monoisotopic (exact) mass is 176 g/mol. The maximum atomic E-state index is 5.81. The number of alkyl halides is 1. The van der Waals surface area contributed by atoms with E-state index >= 15 is 0 Å². The van der Waals surface area contributed by atoms with Crippen LogP contribution in [-0.4, -0.2) is 44.0 Å². The van der Waals surface area contributed by atoms with E-state index in [1.807, 2.05) is 7.05 Å². The van der Waals surface area contributed by atoms with Gasteiger partial charge >= 0.3 is 0 Å². The van der Waals surface area contributed by atoms with Gasteiger partial charge < -0.3 is 10.2 Å². The molecular weight excluding hydrogens is 160 g/mol. The van der Waals surface area contributed by atoms with Crippen LogP contribution in [0.25, 0.3) is 0 Å². The van der Waals surface area contributed by atoms with Crippen molar-refractivity contribution in [2.24, 2.45) is 5.92 Å². The van der Waals surface area contributed by atoms with Gasteiger partial charge in [0.15, 0.2) is 0 Å². The van der Waals surface area contributed by atoms with Crippen LogP contribution < -0.4 is 5.32 Å². The van der Waals surface area contributed by atoms with E-state index in [4.69, 9.17) is 11.6 Å². The molecule has 0 bridgehead atoms. The molecule has 0 aromatic carbocycles. The van der Waals surface area contributed by atoms with Gasteiger partial charge in [-0.2, -0.15) is 0 Å². The molecule has 11 heavy (non-hydrogen) atoms. The molecule has 1 rings (SSSR count). The zero-order valence-electron chi connectivity index (χ0n) is 7.31. The average molecular weight is 177 g/mol. The summed E-state index contributed by atoms with van der Waals surface area (Å²) in [6.45, 7) is 2.41. The molecule has 1 aliphatic heterocycles. The highest BCUT2D eigenvalue weighted by atomic mass is 35.5. The normalized spacial score (nSPS) is 29.2. The fourth-order valence-corrected chi connectivity index (χ4v) is 2.14. The smallest absolute Gasteiger partial charge is 0.0380 e. The standard InChI is InChI=1S/C8H17ClN2/c1-10-8(5-9)7-3-4-11(2)6-7/h7-8,10H,3-6H2,1-2H3. The molecule has 1 saturated heterocycles. The molecule has 66 valence electrons.